The van der Waals surface area contributed by atoms with Gasteiger partial charge >= 0.3 is 6.03 Å². The van der Waals surface area contributed by atoms with Gasteiger partial charge in [-0.1, -0.05) is 5.16 Å². The Morgan fingerprint density at radius 2 is 1.68 bits per heavy atom. The molecule has 0 bridgehead atoms. The second kappa shape index (κ2) is 12.1. The van der Waals surface area contributed by atoms with Crippen LogP contribution in [0.25, 0.3) is 0 Å². The number of nitrogens with one attached hydrogen (secondary N) is 2. The number of benzene rings is 1. The van der Waals surface area contributed by atoms with E-state index < -0.39 is 6.03 Å². The first-order valence-electron chi connectivity index (χ1n) is 11.5. The number of carbonyl (C=O) groups is 2. The topological polar surface area (TPSA) is 162 Å². The minimum atomic E-state index is -0.537. The van der Waals surface area contributed by atoms with Crippen LogP contribution in [0.2, 0.25) is 0 Å². The number of anilines is 4. The number of nitrogens with two attached hydrogens (primary N) is 2. The van der Waals surface area contributed by atoms with Crippen LogP contribution in [0, 0.1) is 0 Å². The van der Waals surface area contributed by atoms with Gasteiger partial charge in [0.15, 0.2) is 0 Å². The van der Waals surface area contributed by atoms with Crippen LogP contribution in [-0.2, 0) is 4.79 Å². The minimum Gasteiger partial charge on any atom is -0.411 e. The molecule has 184 valence electrons. The van der Waals surface area contributed by atoms with Crippen molar-refractivity contribution in [3.63, 3.8) is 0 Å². The van der Waals surface area contributed by atoms with Crippen molar-refractivity contribution in [2.75, 3.05) is 61.0 Å². The van der Waals surface area contributed by atoms with Gasteiger partial charge in [0.1, 0.15) is 0 Å². The Morgan fingerprint density at radius 3 is 2.29 bits per heavy atom. The van der Waals surface area contributed by atoms with Crippen molar-refractivity contribution in [1.82, 2.24) is 4.90 Å². The lowest BCUT2D eigenvalue weighted by Gasteiger charge is -2.36. The average Bonchev–Trinajstić information content (AvgIpc) is 2.80. The summed E-state index contributed by atoms with van der Waals surface area (Å²) in [6.45, 7) is 3.72. The molecule has 2 aliphatic rings. The molecule has 1 aromatic carbocycles. The third-order valence-corrected chi connectivity index (χ3v) is 5.80. The van der Waals surface area contributed by atoms with Crippen LogP contribution in [0.1, 0.15) is 32.1 Å². The maximum Gasteiger partial charge on any atom is 0.345 e. The number of hydrogen-bond donors (Lipinski definition) is 5. The lowest BCUT2D eigenvalue weighted by atomic mass is 10.0. The number of rotatable bonds is 7. The molecule has 1 aromatic rings. The van der Waals surface area contributed by atoms with E-state index in [-0.39, 0.29) is 5.91 Å². The van der Waals surface area contributed by atoms with Crippen LogP contribution in [0.4, 0.5) is 27.5 Å². The van der Waals surface area contributed by atoms with Crippen molar-refractivity contribution in [2.24, 2.45) is 15.9 Å². The summed E-state index contributed by atoms with van der Waals surface area (Å²) in [4.78, 5) is 33.8. The fourth-order valence-electron chi connectivity index (χ4n) is 3.93. The highest BCUT2D eigenvalue weighted by Gasteiger charge is 2.23. The van der Waals surface area contributed by atoms with Crippen LogP contribution in [0.15, 0.2) is 34.4 Å². The second-order valence-corrected chi connectivity index (χ2v) is 8.51. The van der Waals surface area contributed by atoms with E-state index in [9.17, 15) is 9.59 Å². The van der Waals surface area contributed by atoms with Gasteiger partial charge in [0.2, 0.25) is 5.91 Å². The minimum absolute atomic E-state index is 0.124. The summed E-state index contributed by atoms with van der Waals surface area (Å²) in [5, 5.41) is 17.9. The van der Waals surface area contributed by atoms with E-state index in [2.05, 4.69) is 37.6 Å². The maximum atomic E-state index is 12.8. The van der Waals surface area contributed by atoms with Crippen molar-refractivity contribution in [3.05, 3.63) is 24.3 Å². The fourth-order valence-corrected chi connectivity index (χ4v) is 3.93. The molecular weight excluding hydrogens is 436 g/mol. The number of aliphatic imine (C=N–C) groups is 1. The normalized spacial score (nSPS) is 18.9. The molecule has 1 saturated heterocycles. The van der Waals surface area contributed by atoms with E-state index >= 15 is 0 Å². The molecule has 0 atom stereocenters. The summed E-state index contributed by atoms with van der Waals surface area (Å²) in [5.41, 5.74) is 15.0. The summed E-state index contributed by atoms with van der Waals surface area (Å²) in [6, 6.07) is 2.86. The number of urea groups is 1. The first-order chi connectivity index (χ1) is 16.4. The molecule has 11 nitrogen and oxygen atoms in total. The van der Waals surface area contributed by atoms with Gasteiger partial charge in [-0.15, -0.1) is 0 Å². The van der Waals surface area contributed by atoms with E-state index in [1.54, 1.807) is 24.3 Å². The Morgan fingerprint density at radius 1 is 1.03 bits per heavy atom. The number of carbonyl (C=O) groups excluding carboxylic acids is 2. The molecule has 0 unspecified atom stereocenters. The Labute approximate surface area is 199 Å². The molecule has 1 aliphatic carbocycles. The molecular formula is C23H34N8O3. The van der Waals surface area contributed by atoms with Crippen LogP contribution in [0.3, 0.4) is 0 Å². The molecule has 0 aromatic heterocycles. The van der Waals surface area contributed by atoms with Crippen molar-refractivity contribution in [1.29, 1.82) is 0 Å². The number of oxime groups is 1. The highest BCUT2D eigenvalue weighted by molar-refractivity contribution is 6.13. The van der Waals surface area contributed by atoms with Crippen molar-refractivity contribution < 1.29 is 14.8 Å². The van der Waals surface area contributed by atoms with E-state index in [0.29, 0.717) is 60.7 Å². The quantitative estimate of drug-likeness (QED) is 0.177. The first-order valence-corrected chi connectivity index (χ1v) is 11.5. The zero-order valence-corrected chi connectivity index (χ0v) is 19.6. The molecule has 11 heteroatoms. The fraction of sp³-hybridized carbons (Fsp3) is 0.478. The number of unbranched alkanes of at least 4 members (excludes halogenated alkanes) is 1. The predicted molar refractivity (Wildman–Crippen MR) is 136 cm³/mol. The smallest absolute Gasteiger partial charge is 0.345 e. The third kappa shape index (κ3) is 7.03. The number of nitrogen functional groups attached to an aromatic ring is 1. The lowest BCUT2D eigenvalue weighted by molar-refractivity contribution is -0.116. The second-order valence-electron chi connectivity index (χ2n) is 8.51. The molecule has 0 saturated carbocycles. The van der Waals surface area contributed by atoms with Gasteiger partial charge in [-0.3, -0.25) is 4.79 Å². The van der Waals surface area contributed by atoms with Gasteiger partial charge in [0, 0.05) is 44.0 Å². The Bertz CT molecular complexity index is 981. The third-order valence-electron chi connectivity index (χ3n) is 5.80. The highest BCUT2D eigenvalue weighted by Crippen LogP contribution is 2.38. The first kappa shape index (κ1) is 25.2. The Kier molecular flexibility index (Phi) is 9.00. The van der Waals surface area contributed by atoms with Crippen LogP contribution in [0.5, 0.6) is 0 Å². The molecule has 0 radical (unpaired) electrons. The van der Waals surface area contributed by atoms with E-state index in [1.165, 1.54) is 0 Å². The number of amides is 3. The summed E-state index contributed by atoms with van der Waals surface area (Å²) < 4.78 is 0. The van der Waals surface area contributed by atoms with Crippen LogP contribution >= 0.6 is 0 Å². The zero-order valence-electron chi connectivity index (χ0n) is 19.6. The highest BCUT2D eigenvalue weighted by atomic mass is 16.4. The molecule has 3 rings (SSSR count). The van der Waals surface area contributed by atoms with Gasteiger partial charge in [0.25, 0.3) is 0 Å². The number of piperazine rings is 1. The SMILES string of the molecule is CN1CCN(c2c(NC(=O)CCCCN)cc(N)cc2NC(=O)N=C2C=CC(=NO)CC2)CC1. The largest absolute Gasteiger partial charge is 0.411 e. The average molecular weight is 471 g/mol. The summed E-state index contributed by atoms with van der Waals surface area (Å²) in [7, 11) is 2.06. The molecule has 1 aliphatic heterocycles. The number of allylic oxidation sites excluding steroid dienone is 2. The predicted octanol–water partition coefficient (Wildman–Crippen LogP) is 2.24. The zero-order chi connectivity index (χ0) is 24.5. The number of nitrogens with zero attached hydrogens (tertiary/aromatic N) is 4. The van der Waals surface area contributed by atoms with E-state index in [1.807, 2.05) is 0 Å². The molecule has 3 amide bonds. The Balaban J connectivity index is 1.86. The van der Waals surface area contributed by atoms with Gasteiger partial charge < -0.3 is 37.1 Å². The van der Waals surface area contributed by atoms with Crippen LogP contribution in [-0.4, -0.2) is 73.2 Å². The lowest BCUT2D eigenvalue weighted by Crippen LogP contribution is -2.45. The standard InChI is InChI=1S/C23H34N8O3/c1-30-10-12-31(13-11-30)22-19(27-21(32)4-2-3-9-24)14-16(25)15-20(22)28-23(33)26-17-5-7-18(29-34)8-6-17/h5,7,14-15,34H,2-4,6,8-13,24-25H2,1H3,(H,27,32)(H,28,33). The van der Waals surface area contributed by atoms with Crippen molar-refractivity contribution in [3.8, 4) is 0 Å². The molecule has 34 heavy (non-hydrogen) atoms. The summed E-state index contributed by atoms with van der Waals surface area (Å²) >= 11 is 0. The Hall–Kier alpha value is -3.44. The van der Waals surface area contributed by atoms with Gasteiger partial charge in [0.05, 0.1) is 22.8 Å². The van der Waals surface area contributed by atoms with Crippen molar-refractivity contribution in [2.45, 2.75) is 32.1 Å². The molecule has 7 N–H and O–H groups in total. The number of hydrogen-bond acceptors (Lipinski definition) is 8. The molecule has 0 spiro atoms. The van der Waals surface area contributed by atoms with Crippen LogP contribution < -0.4 is 27.0 Å². The molecule has 1 fully saturated rings. The monoisotopic (exact) mass is 470 g/mol. The van der Waals surface area contributed by atoms with E-state index in [0.717, 1.165) is 38.3 Å². The van der Waals surface area contributed by atoms with Gasteiger partial charge in [-0.2, -0.15) is 4.99 Å². The van der Waals surface area contributed by atoms with Gasteiger partial charge in [-0.05, 0) is 63.6 Å². The summed E-state index contributed by atoms with van der Waals surface area (Å²) in [6.07, 6.45) is 6.12. The number of likely N-dealkylation sites (N-methyl/N-ethyl adjacent to an activating group) is 1. The maximum absolute atomic E-state index is 12.8. The van der Waals surface area contributed by atoms with E-state index in [4.69, 9.17) is 16.7 Å². The molecule has 1 heterocycles. The van der Waals surface area contributed by atoms with Crippen molar-refractivity contribution >= 4 is 46.1 Å². The summed E-state index contributed by atoms with van der Waals surface area (Å²) in [5.74, 6) is -0.124. The van der Waals surface area contributed by atoms with Gasteiger partial charge in [-0.25, -0.2) is 4.79 Å².